The van der Waals surface area contributed by atoms with Crippen LogP contribution in [0.2, 0.25) is 0 Å². The number of fused-ring (bicyclic) bond motifs is 1. The molecule has 1 saturated heterocycles. The van der Waals surface area contributed by atoms with E-state index in [0.29, 0.717) is 56.4 Å². The summed E-state index contributed by atoms with van der Waals surface area (Å²) in [4.78, 5) is 68.0. The summed E-state index contributed by atoms with van der Waals surface area (Å²) in [6.45, 7) is 7.92. The third kappa shape index (κ3) is 11.4. The number of rotatable bonds is 16. The molecular formula is C33H47N7O9. The average molecular weight is 686 g/mol. The predicted octanol–water partition coefficient (Wildman–Crippen LogP) is 3.68. The Labute approximate surface area is 285 Å². The number of carbonyl (C=O) groups excluding carboxylic acids is 5. The van der Waals surface area contributed by atoms with Crippen molar-refractivity contribution in [2.24, 2.45) is 5.11 Å². The van der Waals surface area contributed by atoms with E-state index in [2.05, 4.69) is 20.7 Å². The number of amides is 5. The summed E-state index contributed by atoms with van der Waals surface area (Å²) in [6.07, 6.45) is 3.13. The molecule has 16 heteroatoms. The van der Waals surface area contributed by atoms with Crippen LogP contribution in [0, 0.1) is 0 Å². The highest BCUT2D eigenvalue weighted by Gasteiger charge is 2.39. The first-order valence-electron chi connectivity index (χ1n) is 16.8. The fraction of sp³-hybridized carbons (Fsp3) is 0.667. The van der Waals surface area contributed by atoms with Crippen LogP contribution in [0.25, 0.3) is 10.4 Å². The minimum Gasteiger partial charge on any atom is -0.444 e. The smallest absolute Gasteiger partial charge is 0.410 e. The van der Waals surface area contributed by atoms with Crippen LogP contribution >= 0.6 is 0 Å². The van der Waals surface area contributed by atoms with Crippen molar-refractivity contribution >= 4 is 35.4 Å². The second-order valence-electron chi connectivity index (χ2n) is 13.2. The van der Waals surface area contributed by atoms with Crippen LogP contribution in [0.5, 0.6) is 0 Å². The van der Waals surface area contributed by atoms with Crippen molar-refractivity contribution in [1.82, 2.24) is 15.1 Å². The number of anilines is 1. The third-order valence-corrected chi connectivity index (χ3v) is 8.45. The van der Waals surface area contributed by atoms with Crippen LogP contribution in [0.3, 0.4) is 0 Å². The Morgan fingerprint density at radius 1 is 1.00 bits per heavy atom. The van der Waals surface area contributed by atoms with E-state index in [-0.39, 0.29) is 68.3 Å². The van der Waals surface area contributed by atoms with Gasteiger partial charge < -0.3 is 34.1 Å². The molecule has 4 rings (SSSR count). The molecule has 1 aliphatic carbocycles. The molecule has 1 saturated carbocycles. The minimum absolute atomic E-state index is 0.00373. The Morgan fingerprint density at radius 3 is 2.33 bits per heavy atom. The van der Waals surface area contributed by atoms with E-state index in [1.54, 1.807) is 23.1 Å². The van der Waals surface area contributed by atoms with Crippen molar-refractivity contribution in [2.75, 3.05) is 51.5 Å². The van der Waals surface area contributed by atoms with Gasteiger partial charge in [0.05, 0.1) is 46.1 Å². The lowest BCUT2D eigenvalue weighted by Crippen LogP contribution is -2.52. The highest BCUT2D eigenvalue weighted by molar-refractivity contribution is 6.05. The van der Waals surface area contributed by atoms with Gasteiger partial charge in [0, 0.05) is 47.8 Å². The quantitative estimate of drug-likeness (QED) is 0.0856. The Kier molecular flexibility index (Phi) is 13.8. The third-order valence-electron chi connectivity index (χ3n) is 8.45. The zero-order valence-electron chi connectivity index (χ0n) is 28.5. The largest absolute Gasteiger partial charge is 0.444 e. The molecule has 1 aromatic carbocycles. The van der Waals surface area contributed by atoms with Crippen molar-refractivity contribution < 1.29 is 42.9 Å². The molecule has 3 aliphatic rings. The first kappa shape index (κ1) is 37.6. The first-order valence-corrected chi connectivity index (χ1v) is 16.8. The summed E-state index contributed by atoms with van der Waals surface area (Å²) >= 11 is 0. The molecule has 2 N–H and O–H groups in total. The van der Waals surface area contributed by atoms with Crippen LogP contribution in [0.4, 0.5) is 10.5 Å². The molecule has 2 heterocycles. The summed E-state index contributed by atoms with van der Waals surface area (Å²) in [5, 5.41) is 8.91. The number of ether oxygens (including phenoxy) is 4. The van der Waals surface area contributed by atoms with Crippen molar-refractivity contribution in [3.05, 3.63) is 39.8 Å². The highest BCUT2D eigenvalue weighted by Crippen LogP contribution is 2.30. The topological polar surface area (TPSA) is 202 Å². The molecule has 16 nitrogen and oxygen atoms in total. The molecule has 5 amide bonds. The monoisotopic (exact) mass is 685 g/mol. The second-order valence-corrected chi connectivity index (χ2v) is 13.2. The number of nitrogens with zero attached hydrogens (tertiary/aromatic N) is 5. The summed E-state index contributed by atoms with van der Waals surface area (Å²) in [7, 11) is 0. The van der Waals surface area contributed by atoms with Crippen molar-refractivity contribution in [3.63, 3.8) is 0 Å². The van der Waals surface area contributed by atoms with Gasteiger partial charge in [-0.25, -0.2) is 4.79 Å². The average Bonchev–Trinajstić information content (AvgIpc) is 3.36. The van der Waals surface area contributed by atoms with Crippen molar-refractivity contribution in [3.8, 4) is 0 Å². The normalized spacial score (nSPS) is 20.7. The molecule has 1 unspecified atom stereocenters. The van der Waals surface area contributed by atoms with E-state index < -0.39 is 17.6 Å². The van der Waals surface area contributed by atoms with Crippen molar-refractivity contribution in [1.29, 1.82) is 0 Å². The number of hydrogen-bond acceptors (Lipinski definition) is 10. The number of benzene rings is 1. The first-order chi connectivity index (χ1) is 23.4. The summed E-state index contributed by atoms with van der Waals surface area (Å²) in [6, 6.07) is 4.27. The van der Waals surface area contributed by atoms with Gasteiger partial charge in [-0.1, -0.05) is 5.11 Å². The number of azide groups is 1. The molecule has 0 spiro atoms. The van der Waals surface area contributed by atoms with Gasteiger partial charge in [0.25, 0.3) is 5.91 Å². The lowest BCUT2D eigenvalue weighted by Gasteiger charge is -2.36. The number of piperidine rings is 1. The maximum absolute atomic E-state index is 12.9. The van der Waals surface area contributed by atoms with Crippen LogP contribution in [0.15, 0.2) is 23.3 Å². The molecule has 2 fully saturated rings. The lowest BCUT2D eigenvalue weighted by atomic mass is 9.91. The molecular weight excluding hydrogens is 638 g/mol. The van der Waals surface area contributed by atoms with Gasteiger partial charge in [0.2, 0.25) is 17.7 Å². The SMILES string of the molecule is CC(C)(C)OC(=O)N(CCOCCOCCOCCC(=O)Nc1ccc2c(c1)CN(C1CCC(=O)NC1=O)C2=O)C1CCC(N=[N+]=[N-])CC1. The van der Waals surface area contributed by atoms with Crippen molar-refractivity contribution in [2.45, 2.75) is 96.0 Å². The number of carbonyl (C=O) groups is 5. The Morgan fingerprint density at radius 2 is 1.67 bits per heavy atom. The predicted molar refractivity (Wildman–Crippen MR) is 176 cm³/mol. The van der Waals surface area contributed by atoms with E-state index >= 15 is 0 Å². The van der Waals surface area contributed by atoms with Crippen LogP contribution in [-0.2, 0) is 39.9 Å². The van der Waals surface area contributed by atoms with Crippen LogP contribution in [-0.4, -0.2) is 109 Å². The molecule has 0 radical (unpaired) electrons. The number of imide groups is 1. The molecule has 0 aromatic heterocycles. The Balaban J connectivity index is 1.06. The van der Waals surface area contributed by atoms with Gasteiger partial charge in [-0.05, 0) is 82.2 Å². The molecule has 1 aromatic rings. The van der Waals surface area contributed by atoms with Gasteiger partial charge in [-0.2, -0.15) is 0 Å². The standard InChI is InChI=1S/C33H47N7O9/c1-33(2,3)49-32(45)39(25-7-4-23(5-8-25)37-38-34)13-15-47-17-19-48-18-16-46-14-12-29(42)35-24-6-9-26-22(20-24)21-40(31(26)44)27-10-11-28(41)36-30(27)43/h6,9,20,23,25,27H,4-5,7-8,10-19,21H2,1-3H3,(H,35,42)(H,36,41,43). The summed E-state index contributed by atoms with van der Waals surface area (Å²) < 4.78 is 22.4. The minimum atomic E-state index is -0.695. The maximum atomic E-state index is 12.9. The van der Waals surface area contributed by atoms with Gasteiger partial charge >= 0.3 is 6.09 Å². The van der Waals surface area contributed by atoms with E-state index in [1.165, 1.54) is 4.90 Å². The molecule has 2 aliphatic heterocycles. The highest BCUT2D eigenvalue weighted by atomic mass is 16.6. The zero-order chi connectivity index (χ0) is 35.4. The number of hydrogen-bond donors (Lipinski definition) is 2. The number of nitrogens with one attached hydrogen (secondary N) is 2. The Bertz CT molecular complexity index is 1400. The molecule has 268 valence electrons. The Hall–Kier alpha value is -4.24. The summed E-state index contributed by atoms with van der Waals surface area (Å²) in [5.74, 6) is -1.32. The molecule has 1 atom stereocenters. The lowest BCUT2D eigenvalue weighted by molar-refractivity contribution is -0.137. The van der Waals surface area contributed by atoms with Gasteiger partial charge in [0.15, 0.2) is 0 Å². The van der Waals surface area contributed by atoms with Gasteiger partial charge in [0.1, 0.15) is 11.6 Å². The molecule has 0 bridgehead atoms. The van der Waals surface area contributed by atoms with Crippen LogP contribution < -0.4 is 10.6 Å². The van der Waals surface area contributed by atoms with Crippen LogP contribution in [0.1, 0.15) is 81.6 Å². The van der Waals surface area contributed by atoms with E-state index in [0.717, 1.165) is 25.7 Å². The fourth-order valence-electron chi connectivity index (χ4n) is 6.05. The fourth-order valence-corrected chi connectivity index (χ4v) is 6.05. The van der Waals surface area contributed by atoms with E-state index in [9.17, 15) is 24.0 Å². The van der Waals surface area contributed by atoms with Gasteiger partial charge in [-0.3, -0.25) is 24.5 Å². The van der Waals surface area contributed by atoms with E-state index in [1.807, 2.05) is 20.8 Å². The molecule has 49 heavy (non-hydrogen) atoms. The van der Waals surface area contributed by atoms with E-state index in [4.69, 9.17) is 24.5 Å². The summed E-state index contributed by atoms with van der Waals surface area (Å²) in [5.41, 5.74) is 9.81. The van der Waals surface area contributed by atoms with Gasteiger partial charge in [-0.15, -0.1) is 0 Å². The second kappa shape index (κ2) is 18.0. The zero-order valence-corrected chi connectivity index (χ0v) is 28.5. The maximum Gasteiger partial charge on any atom is 0.410 e.